The Labute approximate surface area is 307 Å². The van der Waals surface area contributed by atoms with Crippen LogP contribution in [0.2, 0.25) is 0 Å². The van der Waals surface area contributed by atoms with Gasteiger partial charge in [-0.3, -0.25) is 28.8 Å². The molecular weight excluding hydrogens is 713 g/mol. The van der Waals surface area contributed by atoms with Crippen molar-refractivity contribution in [3.8, 4) is 11.8 Å². The Balaban J connectivity index is 1.39. The molecule has 0 spiro atoms. The molecule has 4 aliphatic rings. The monoisotopic (exact) mass is 757 g/mol. The number of benzene rings is 1. The van der Waals surface area contributed by atoms with Gasteiger partial charge >= 0.3 is 12.2 Å². The van der Waals surface area contributed by atoms with Crippen LogP contribution in [0.15, 0.2) is 30.9 Å². The summed E-state index contributed by atoms with van der Waals surface area (Å²) in [5.41, 5.74) is -1.66. The number of rotatable bonds is 12. The van der Waals surface area contributed by atoms with Crippen LogP contribution in [-0.4, -0.2) is 95.0 Å². The van der Waals surface area contributed by atoms with Crippen molar-refractivity contribution in [1.29, 1.82) is 0 Å². The lowest BCUT2D eigenvalue weighted by Gasteiger charge is -2.30. The van der Waals surface area contributed by atoms with Crippen LogP contribution in [0, 0.1) is 23.6 Å². The Kier molecular flexibility index (Phi) is 11.2. The summed E-state index contributed by atoms with van der Waals surface area (Å²) in [7, 11) is -3.97. The SMILES string of the molecule is C=C[C@@H]1C[C@]1(NC(=O)[C@@H]1C[C@@H](OC(=O)N2Cc3cccc(F)c3C2)CN1C(=O)[C@H](CCC(=O)C#CC)NC(=O)OC(C)(C)C)C(=O)NS(=O)(=O)C1CC1. The molecule has 286 valence electrons. The Hall–Kier alpha value is -4.98. The summed E-state index contributed by atoms with van der Waals surface area (Å²) in [6.45, 7) is 9.72. The first kappa shape index (κ1) is 39.2. The molecule has 3 fully saturated rings. The quantitative estimate of drug-likeness (QED) is 0.162. The number of carbonyl (C=O) groups excluding carboxylic acids is 6. The van der Waals surface area contributed by atoms with Gasteiger partial charge in [0.1, 0.15) is 35.1 Å². The van der Waals surface area contributed by atoms with E-state index < -0.39 is 92.0 Å². The number of Topliss-reactive ketones (excluding diaryl/α,β-unsaturated/α-hetero) is 1. The highest BCUT2D eigenvalue weighted by Gasteiger charge is 2.62. The predicted molar refractivity (Wildman–Crippen MR) is 186 cm³/mol. The van der Waals surface area contributed by atoms with Crippen molar-refractivity contribution in [3.63, 3.8) is 0 Å². The number of alkyl carbamates (subject to hydrolysis) is 1. The van der Waals surface area contributed by atoms with Gasteiger partial charge in [-0.05, 0) is 70.9 Å². The minimum Gasteiger partial charge on any atom is -0.444 e. The Morgan fingerprint density at radius 1 is 1.15 bits per heavy atom. The van der Waals surface area contributed by atoms with Crippen molar-refractivity contribution >= 4 is 45.7 Å². The molecule has 1 aromatic carbocycles. The van der Waals surface area contributed by atoms with E-state index in [4.69, 9.17) is 9.47 Å². The van der Waals surface area contributed by atoms with E-state index in [2.05, 4.69) is 33.8 Å². The molecule has 5 atom stereocenters. The Morgan fingerprint density at radius 3 is 2.47 bits per heavy atom. The topological polar surface area (TPSA) is 198 Å². The summed E-state index contributed by atoms with van der Waals surface area (Å²) in [6, 6.07) is 1.73. The molecule has 1 saturated heterocycles. The summed E-state index contributed by atoms with van der Waals surface area (Å²) in [4.78, 5) is 82.6. The number of sulfonamides is 1. The van der Waals surface area contributed by atoms with Crippen LogP contribution in [-0.2, 0) is 51.8 Å². The molecule has 53 heavy (non-hydrogen) atoms. The zero-order valence-corrected chi connectivity index (χ0v) is 30.8. The van der Waals surface area contributed by atoms with Crippen LogP contribution >= 0.6 is 0 Å². The van der Waals surface area contributed by atoms with E-state index in [9.17, 15) is 41.6 Å². The van der Waals surface area contributed by atoms with Crippen molar-refractivity contribution in [2.45, 2.75) is 114 Å². The second-order valence-corrected chi connectivity index (χ2v) is 16.7. The number of nitrogens with one attached hydrogen (secondary N) is 3. The zero-order valence-electron chi connectivity index (χ0n) is 30.0. The number of ether oxygens (including phenoxy) is 2. The number of carbonyl (C=O) groups is 6. The molecule has 2 aliphatic carbocycles. The van der Waals surface area contributed by atoms with Crippen LogP contribution in [0.1, 0.15) is 77.3 Å². The molecule has 0 unspecified atom stereocenters. The van der Waals surface area contributed by atoms with Crippen LogP contribution in [0.5, 0.6) is 0 Å². The molecular formula is C36H44FN5O10S. The molecule has 1 aromatic rings. The van der Waals surface area contributed by atoms with Gasteiger partial charge in [-0.25, -0.2) is 22.4 Å². The van der Waals surface area contributed by atoms with E-state index in [1.807, 2.05) is 0 Å². The number of hydrogen-bond donors (Lipinski definition) is 3. The van der Waals surface area contributed by atoms with Crippen molar-refractivity contribution in [3.05, 3.63) is 47.8 Å². The third-order valence-corrected chi connectivity index (χ3v) is 11.3. The maximum Gasteiger partial charge on any atom is 0.410 e. The highest BCUT2D eigenvalue weighted by molar-refractivity contribution is 7.91. The van der Waals surface area contributed by atoms with Gasteiger partial charge in [-0.15, -0.1) is 6.58 Å². The van der Waals surface area contributed by atoms with Crippen LogP contribution < -0.4 is 15.4 Å². The fourth-order valence-corrected chi connectivity index (χ4v) is 7.87. The van der Waals surface area contributed by atoms with Crippen LogP contribution in [0.4, 0.5) is 14.0 Å². The van der Waals surface area contributed by atoms with Crippen molar-refractivity contribution in [1.82, 2.24) is 25.2 Å². The summed E-state index contributed by atoms with van der Waals surface area (Å²) in [5.74, 6) is 0.666. The van der Waals surface area contributed by atoms with Gasteiger partial charge in [0, 0.05) is 30.9 Å². The van der Waals surface area contributed by atoms with E-state index in [-0.39, 0.29) is 45.3 Å². The van der Waals surface area contributed by atoms with Crippen molar-refractivity contribution < 1.29 is 51.0 Å². The molecule has 5 amide bonds. The number of fused-ring (bicyclic) bond motifs is 1. The first-order chi connectivity index (χ1) is 24.9. The number of hydrogen-bond acceptors (Lipinski definition) is 10. The predicted octanol–water partition coefficient (Wildman–Crippen LogP) is 2.18. The molecule has 3 N–H and O–H groups in total. The lowest BCUT2D eigenvalue weighted by atomic mass is 10.1. The second-order valence-electron chi connectivity index (χ2n) is 14.7. The largest absolute Gasteiger partial charge is 0.444 e. The average molecular weight is 758 g/mol. The van der Waals surface area contributed by atoms with Gasteiger partial charge in [-0.2, -0.15) is 0 Å². The number of nitrogens with zero attached hydrogens (tertiary/aromatic N) is 2. The summed E-state index contributed by atoms with van der Waals surface area (Å²) >= 11 is 0. The van der Waals surface area contributed by atoms with Crippen LogP contribution in [0.3, 0.4) is 0 Å². The van der Waals surface area contributed by atoms with Crippen molar-refractivity contribution in [2.24, 2.45) is 5.92 Å². The highest BCUT2D eigenvalue weighted by atomic mass is 32.2. The van der Waals surface area contributed by atoms with E-state index in [0.29, 0.717) is 24.0 Å². The van der Waals surface area contributed by atoms with Gasteiger partial charge in [0.2, 0.25) is 27.6 Å². The van der Waals surface area contributed by atoms with E-state index in [1.165, 1.54) is 30.0 Å². The van der Waals surface area contributed by atoms with E-state index >= 15 is 0 Å². The first-order valence-corrected chi connectivity index (χ1v) is 18.9. The molecule has 0 aromatic heterocycles. The Bertz CT molecular complexity index is 1880. The Morgan fingerprint density at radius 2 is 1.87 bits per heavy atom. The van der Waals surface area contributed by atoms with Gasteiger partial charge in [0.05, 0.1) is 18.3 Å². The number of halogens is 1. The molecule has 17 heteroatoms. The van der Waals surface area contributed by atoms with E-state index in [0.717, 1.165) is 4.90 Å². The minimum atomic E-state index is -3.97. The zero-order chi connectivity index (χ0) is 38.9. The molecule has 2 heterocycles. The number of ketones is 1. The van der Waals surface area contributed by atoms with Crippen LogP contribution in [0.25, 0.3) is 0 Å². The molecule has 15 nitrogen and oxygen atoms in total. The van der Waals surface area contributed by atoms with Crippen molar-refractivity contribution in [2.75, 3.05) is 6.54 Å². The molecule has 2 saturated carbocycles. The number of amides is 5. The summed E-state index contributed by atoms with van der Waals surface area (Å²) in [5, 5.41) is 4.42. The normalized spacial score (nSPS) is 23.8. The highest BCUT2D eigenvalue weighted by Crippen LogP contribution is 2.45. The minimum absolute atomic E-state index is 0.0445. The smallest absolute Gasteiger partial charge is 0.410 e. The van der Waals surface area contributed by atoms with E-state index in [1.54, 1.807) is 26.8 Å². The average Bonchev–Trinajstić information content (AvgIpc) is 3.96. The summed E-state index contributed by atoms with van der Waals surface area (Å²) in [6.07, 6.45) is -1.28. The number of likely N-dealkylation sites (tertiary alicyclic amines) is 1. The fraction of sp³-hybridized carbons (Fsp3) is 0.556. The molecule has 0 bridgehead atoms. The van der Waals surface area contributed by atoms with Gasteiger partial charge in [0.25, 0.3) is 5.91 Å². The lowest BCUT2D eigenvalue weighted by Crippen LogP contribution is -2.58. The van der Waals surface area contributed by atoms with Gasteiger partial charge in [0.15, 0.2) is 0 Å². The maximum absolute atomic E-state index is 14.4. The third kappa shape index (κ3) is 9.16. The summed E-state index contributed by atoms with van der Waals surface area (Å²) < 4.78 is 52.8. The molecule has 5 rings (SSSR count). The molecule has 0 radical (unpaired) electrons. The first-order valence-electron chi connectivity index (χ1n) is 17.4. The fourth-order valence-electron chi connectivity index (χ4n) is 6.51. The second kappa shape index (κ2) is 15.2. The third-order valence-electron chi connectivity index (χ3n) is 9.46. The van der Waals surface area contributed by atoms with Gasteiger partial charge in [-0.1, -0.05) is 24.1 Å². The van der Waals surface area contributed by atoms with Gasteiger partial charge < -0.3 is 25.0 Å². The standard InChI is InChI=1S/C36H44FN5O10S/c1-6-9-23(43)12-15-28(38-33(47)52-35(3,4)5)31(45)42-19-24(51-34(48)41-18-21-10-8-11-27(37)26(21)20-41)16-29(42)30(44)39-36(17-22(36)7-2)32(46)40-53(49,50)25-13-14-25/h7-8,10-11,22,24-25,28-29H,2,12-20H2,1,3-5H3,(H,38,47)(H,39,44)(H,40,46)/t22-,24-,28+,29+,36-/m1/s1. The molecule has 2 aliphatic heterocycles. The maximum atomic E-state index is 14.4. The lowest BCUT2D eigenvalue weighted by molar-refractivity contribution is -0.141.